The predicted molar refractivity (Wildman–Crippen MR) is 84.4 cm³/mol. The standard InChI is InChI=1S/C17H20N2O4/c1-11-10-13(23-15-4-5-16(21)18-17(15)22)2-3-14(11)19-8-6-12(20)7-9-19/h2-3,10,15H,4-9H2,1H3,(H,18,21,22). The third-order valence-corrected chi connectivity index (χ3v) is 4.30. The highest BCUT2D eigenvalue weighted by atomic mass is 16.5. The third-order valence-electron chi connectivity index (χ3n) is 4.30. The van der Waals surface area contributed by atoms with Crippen molar-refractivity contribution < 1.29 is 19.1 Å². The van der Waals surface area contributed by atoms with E-state index in [0.717, 1.165) is 24.3 Å². The molecular weight excluding hydrogens is 296 g/mol. The van der Waals surface area contributed by atoms with Gasteiger partial charge in [0.25, 0.3) is 5.91 Å². The van der Waals surface area contributed by atoms with Crippen LogP contribution in [0.2, 0.25) is 0 Å². The summed E-state index contributed by atoms with van der Waals surface area (Å²) in [5, 5.41) is 2.29. The Morgan fingerprint density at radius 3 is 2.52 bits per heavy atom. The summed E-state index contributed by atoms with van der Waals surface area (Å²) < 4.78 is 5.72. The number of hydrogen-bond donors (Lipinski definition) is 1. The summed E-state index contributed by atoms with van der Waals surface area (Å²) >= 11 is 0. The quantitative estimate of drug-likeness (QED) is 0.852. The summed E-state index contributed by atoms with van der Waals surface area (Å²) in [6.45, 7) is 3.48. The molecule has 1 atom stereocenters. The fraction of sp³-hybridized carbons (Fsp3) is 0.471. The minimum Gasteiger partial charge on any atom is -0.481 e. The van der Waals surface area contributed by atoms with Crippen molar-refractivity contribution in [3.63, 3.8) is 0 Å². The zero-order chi connectivity index (χ0) is 16.4. The predicted octanol–water partition coefficient (Wildman–Crippen LogP) is 1.35. The minimum absolute atomic E-state index is 0.249. The van der Waals surface area contributed by atoms with E-state index in [1.807, 2.05) is 25.1 Å². The van der Waals surface area contributed by atoms with Crippen LogP contribution in [0.4, 0.5) is 5.69 Å². The number of aryl methyl sites for hydroxylation is 1. The van der Waals surface area contributed by atoms with Gasteiger partial charge in [-0.05, 0) is 30.7 Å². The van der Waals surface area contributed by atoms with Crippen molar-refractivity contribution in [1.29, 1.82) is 0 Å². The van der Waals surface area contributed by atoms with Crippen LogP contribution in [0.3, 0.4) is 0 Å². The van der Waals surface area contributed by atoms with E-state index in [0.29, 0.717) is 37.2 Å². The normalized spacial score (nSPS) is 22.0. The van der Waals surface area contributed by atoms with Crippen LogP contribution in [0, 0.1) is 6.92 Å². The molecule has 2 amide bonds. The van der Waals surface area contributed by atoms with Gasteiger partial charge in [-0.1, -0.05) is 0 Å². The molecule has 2 heterocycles. The molecule has 0 spiro atoms. The highest BCUT2D eigenvalue weighted by Crippen LogP contribution is 2.28. The van der Waals surface area contributed by atoms with Gasteiger partial charge in [-0.15, -0.1) is 0 Å². The van der Waals surface area contributed by atoms with E-state index in [-0.39, 0.29) is 11.8 Å². The highest BCUT2D eigenvalue weighted by Gasteiger charge is 2.28. The molecule has 0 aromatic heterocycles. The van der Waals surface area contributed by atoms with Gasteiger partial charge < -0.3 is 9.64 Å². The number of ketones is 1. The van der Waals surface area contributed by atoms with Gasteiger partial charge in [0.05, 0.1) is 0 Å². The van der Waals surface area contributed by atoms with Crippen LogP contribution in [-0.2, 0) is 14.4 Å². The maximum Gasteiger partial charge on any atom is 0.267 e. The number of hydrogen-bond acceptors (Lipinski definition) is 5. The molecule has 1 unspecified atom stereocenters. The van der Waals surface area contributed by atoms with E-state index in [2.05, 4.69) is 10.2 Å². The van der Waals surface area contributed by atoms with Gasteiger partial charge in [0.15, 0.2) is 6.10 Å². The second kappa shape index (κ2) is 6.40. The Bertz CT molecular complexity index is 646. The highest BCUT2D eigenvalue weighted by molar-refractivity contribution is 5.99. The van der Waals surface area contributed by atoms with Crippen molar-refractivity contribution in [2.75, 3.05) is 18.0 Å². The number of Topliss-reactive ketones (excluding diaryl/α,β-unsaturated/α-hetero) is 1. The number of nitrogens with one attached hydrogen (secondary N) is 1. The molecule has 6 nitrogen and oxygen atoms in total. The van der Waals surface area contributed by atoms with Crippen molar-refractivity contribution in [2.45, 2.75) is 38.7 Å². The van der Waals surface area contributed by atoms with E-state index in [9.17, 15) is 14.4 Å². The summed E-state index contributed by atoms with van der Waals surface area (Å²) in [5.74, 6) is 0.309. The Balaban J connectivity index is 1.68. The lowest BCUT2D eigenvalue weighted by atomic mass is 10.1. The Morgan fingerprint density at radius 2 is 1.87 bits per heavy atom. The third kappa shape index (κ3) is 3.52. The van der Waals surface area contributed by atoms with Crippen molar-refractivity contribution in [2.24, 2.45) is 0 Å². The van der Waals surface area contributed by atoms with Crippen molar-refractivity contribution in [3.05, 3.63) is 23.8 Å². The van der Waals surface area contributed by atoms with E-state index >= 15 is 0 Å². The summed E-state index contributed by atoms with van der Waals surface area (Å²) in [6.07, 6.45) is 1.27. The Labute approximate surface area is 134 Å². The number of anilines is 1. The van der Waals surface area contributed by atoms with Crippen LogP contribution in [0.15, 0.2) is 18.2 Å². The van der Waals surface area contributed by atoms with Gasteiger partial charge in [-0.2, -0.15) is 0 Å². The Hall–Kier alpha value is -2.37. The van der Waals surface area contributed by atoms with Gasteiger partial charge in [0, 0.05) is 44.5 Å². The first-order valence-corrected chi connectivity index (χ1v) is 7.90. The van der Waals surface area contributed by atoms with E-state index < -0.39 is 6.10 Å². The fourth-order valence-electron chi connectivity index (χ4n) is 3.00. The molecule has 2 aliphatic rings. The number of ether oxygens (including phenoxy) is 1. The van der Waals surface area contributed by atoms with Gasteiger partial charge in [-0.25, -0.2) is 0 Å². The number of piperidine rings is 2. The minimum atomic E-state index is -0.620. The van der Waals surface area contributed by atoms with Gasteiger partial charge >= 0.3 is 0 Å². The zero-order valence-corrected chi connectivity index (χ0v) is 13.1. The van der Waals surface area contributed by atoms with Crippen molar-refractivity contribution in [1.82, 2.24) is 5.32 Å². The Morgan fingerprint density at radius 1 is 1.13 bits per heavy atom. The summed E-state index contributed by atoms with van der Waals surface area (Å²) in [5.41, 5.74) is 2.14. The van der Waals surface area contributed by atoms with E-state index in [1.54, 1.807) is 0 Å². The van der Waals surface area contributed by atoms with E-state index in [4.69, 9.17) is 4.74 Å². The average molecular weight is 316 g/mol. The molecule has 0 aliphatic carbocycles. The molecule has 122 valence electrons. The molecule has 2 saturated heterocycles. The first-order valence-electron chi connectivity index (χ1n) is 7.90. The molecule has 1 N–H and O–H groups in total. The van der Waals surface area contributed by atoms with Crippen LogP contribution in [-0.4, -0.2) is 36.8 Å². The van der Waals surface area contributed by atoms with Gasteiger partial charge in [-0.3, -0.25) is 19.7 Å². The number of benzene rings is 1. The molecule has 2 fully saturated rings. The average Bonchev–Trinajstić information content (AvgIpc) is 2.51. The molecule has 3 rings (SSSR count). The molecule has 0 bridgehead atoms. The van der Waals surface area contributed by atoms with E-state index in [1.165, 1.54) is 0 Å². The number of rotatable bonds is 3. The first-order chi connectivity index (χ1) is 11.0. The zero-order valence-electron chi connectivity index (χ0n) is 13.1. The molecular formula is C17H20N2O4. The van der Waals surface area contributed by atoms with Crippen molar-refractivity contribution >= 4 is 23.3 Å². The van der Waals surface area contributed by atoms with Crippen LogP contribution in [0.25, 0.3) is 0 Å². The summed E-state index contributed by atoms with van der Waals surface area (Å²) in [6, 6.07) is 5.70. The summed E-state index contributed by atoms with van der Waals surface area (Å²) in [7, 11) is 0. The van der Waals surface area contributed by atoms with Gasteiger partial charge in [0.1, 0.15) is 11.5 Å². The second-order valence-electron chi connectivity index (χ2n) is 6.03. The molecule has 2 aliphatic heterocycles. The smallest absolute Gasteiger partial charge is 0.267 e. The maximum atomic E-state index is 11.7. The molecule has 1 aromatic rings. The lowest BCUT2D eigenvalue weighted by Gasteiger charge is -2.30. The monoisotopic (exact) mass is 316 g/mol. The summed E-state index contributed by atoms with van der Waals surface area (Å²) in [4.78, 5) is 36.4. The maximum absolute atomic E-state index is 11.7. The first kappa shape index (κ1) is 15.5. The largest absolute Gasteiger partial charge is 0.481 e. The Kier molecular flexibility index (Phi) is 4.32. The lowest BCUT2D eigenvalue weighted by molar-refractivity contribution is -0.138. The number of carbonyl (C=O) groups excluding carboxylic acids is 3. The topological polar surface area (TPSA) is 75.7 Å². The molecule has 0 saturated carbocycles. The lowest BCUT2D eigenvalue weighted by Crippen LogP contribution is -2.46. The molecule has 23 heavy (non-hydrogen) atoms. The van der Waals surface area contributed by atoms with Crippen LogP contribution in [0.5, 0.6) is 5.75 Å². The van der Waals surface area contributed by atoms with Gasteiger partial charge in [0.2, 0.25) is 5.91 Å². The number of nitrogens with zero attached hydrogens (tertiary/aromatic N) is 1. The molecule has 0 radical (unpaired) electrons. The second-order valence-corrected chi connectivity index (χ2v) is 6.03. The van der Waals surface area contributed by atoms with Crippen LogP contribution < -0.4 is 15.0 Å². The number of carbonyl (C=O) groups is 3. The molecule has 6 heteroatoms. The SMILES string of the molecule is Cc1cc(OC2CCC(=O)NC2=O)ccc1N1CCC(=O)CC1. The number of amides is 2. The van der Waals surface area contributed by atoms with Crippen molar-refractivity contribution in [3.8, 4) is 5.75 Å². The molecule has 1 aromatic carbocycles. The van der Waals surface area contributed by atoms with Crippen LogP contribution >= 0.6 is 0 Å². The number of imide groups is 1. The van der Waals surface area contributed by atoms with Crippen LogP contribution in [0.1, 0.15) is 31.2 Å². The fourth-order valence-corrected chi connectivity index (χ4v) is 3.00.